The molecular formula is C21H26N2O4. The van der Waals surface area contributed by atoms with Gasteiger partial charge in [0.2, 0.25) is 5.91 Å². The Labute approximate surface area is 159 Å². The van der Waals surface area contributed by atoms with Crippen LogP contribution in [-0.4, -0.2) is 31.1 Å². The summed E-state index contributed by atoms with van der Waals surface area (Å²) in [5.74, 6) is -0.104. The van der Waals surface area contributed by atoms with Gasteiger partial charge in [-0.05, 0) is 36.6 Å². The average molecular weight is 370 g/mol. The summed E-state index contributed by atoms with van der Waals surface area (Å²) in [4.78, 5) is 23.8. The van der Waals surface area contributed by atoms with Crippen molar-refractivity contribution in [2.75, 3.05) is 13.2 Å². The summed E-state index contributed by atoms with van der Waals surface area (Å²) in [6.45, 7) is 4.57. The van der Waals surface area contributed by atoms with Crippen molar-refractivity contribution < 1.29 is 19.1 Å². The van der Waals surface area contributed by atoms with Gasteiger partial charge in [-0.1, -0.05) is 49.4 Å². The molecule has 6 heteroatoms. The van der Waals surface area contributed by atoms with E-state index in [1.165, 1.54) is 0 Å². The molecule has 2 amide bonds. The standard InChI is InChI=1S/C21H26N2O4/c1-3-19(21(25)23-22-20(24)14-15-26-4-2)27-18-12-10-17(11-13-18)16-8-6-5-7-9-16/h5-13,19H,3-4,14-15H2,1-2H3,(H,22,24)(H,23,25). The first-order chi connectivity index (χ1) is 13.1. The summed E-state index contributed by atoms with van der Waals surface area (Å²) >= 11 is 0. The maximum absolute atomic E-state index is 12.2. The summed E-state index contributed by atoms with van der Waals surface area (Å²) in [6, 6.07) is 17.6. The van der Waals surface area contributed by atoms with Gasteiger partial charge in [0.25, 0.3) is 5.91 Å². The number of hydrogen-bond acceptors (Lipinski definition) is 4. The van der Waals surface area contributed by atoms with E-state index < -0.39 is 12.0 Å². The number of nitrogens with one attached hydrogen (secondary N) is 2. The van der Waals surface area contributed by atoms with Gasteiger partial charge in [0.05, 0.1) is 13.0 Å². The predicted molar refractivity (Wildman–Crippen MR) is 104 cm³/mol. The number of carbonyl (C=O) groups is 2. The van der Waals surface area contributed by atoms with E-state index in [4.69, 9.17) is 9.47 Å². The van der Waals surface area contributed by atoms with Gasteiger partial charge < -0.3 is 9.47 Å². The zero-order valence-corrected chi connectivity index (χ0v) is 15.7. The molecule has 0 aromatic heterocycles. The van der Waals surface area contributed by atoms with Gasteiger partial charge >= 0.3 is 0 Å². The second-order valence-electron chi connectivity index (χ2n) is 5.89. The fraction of sp³-hybridized carbons (Fsp3) is 0.333. The number of carbonyl (C=O) groups excluding carboxylic acids is 2. The van der Waals surface area contributed by atoms with E-state index in [2.05, 4.69) is 10.9 Å². The van der Waals surface area contributed by atoms with Gasteiger partial charge in [0, 0.05) is 6.61 Å². The van der Waals surface area contributed by atoms with Crippen molar-refractivity contribution >= 4 is 11.8 Å². The molecule has 0 spiro atoms. The van der Waals surface area contributed by atoms with Crippen LogP contribution in [0.4, 0.5) is 0 Å². The lowest BCUT2D eigenvalue weighted by molar-refractivity contribution is -0.133. The minimum atomic E-state index is -0.695. The van der Waals surface area contributed by atoms with Crippen LogP contribution in [-0.2, 0) is 14.3 Å². The third-order valence-electron chi connectivity index (χ3n) is 3.91. The van der Waals surface area contributed by atoms with E-state index in [9.17, 15) is 9.59 Å². The number of ether oxygens (including phenoxy) is 2. The first-order valence-electron chi connectivity index (χ1n) is 9.12. The van der Waals surface area contributed by atoms with Crippen LogP contribution in [0.25, 0.3) is 11.1 Å². The van der Waals surface area contributed by atoms with Crippen LogP contribution in [0.5, 0.6) is 5.75 Å². The maximum Gasteiger partial charge on any atom is 0.279 e. The molecule has 0 fully saturated rings. The van der Waals surface area contributed by atoms with E-state index in [-0.39, 0.29) is 12.3 Å². The van der Waals surface area contributed by atoms with E-state index in [0.29, 0.717) is 25.4 Å². The predicted octanol–water partition coefficient (Wildman–Crippen LogP) is 3.09. The van der Waals surface area contributed by atoms with Crippen LogP contribution in [0.3, 0.4) is 0 Å². The molecule has 2 aromatic rings. The zero-order chi connectivity index (χ0) is 19.5. The van der Waals surface area contributed by atoms with Crippen LogP contribution >= 0.6 is 0 Å². The van der Waals surface area contributed by atoms with Crippen LogP contribution in [0.15, 0.2) is 54.6 Å². The van der Waals surface area contributed by atoms with E-state index >= 15 is 0 Å². The summed E-state index contributed by atoms with van der Waals surface area (Å²) in [6.07, 6.45) is -0.0341. The van der Waals surface area contributed by atoms with Crippen molar-refractivity contribution in [1.29, 1.82) is 0 Å². The number of amides is 2. The summed E-state index contributed by atoms with van der Waals surface area (Å²) in [7, 11) is 0. The van der Waals surface area contributed by atoms with Crippen LogP contribution in [0.1, 0.15) is 26.7 Å². The second kappa shape index (κ2) is 11.0. The van der Waals surface area contributed by atoms with Crippen molar-refractivity contribution in [3.05, 3.63) is 54.6 Å². The van der Waals surface area contributed by atoms with E-state index in [0.717, 1.165) is 11.1 Å². The largest absolute Gasteiger partial charge is 0.481 e. The van der Waals surface area contributed by atoms with Gasteiger partial charge in [-0.25, -0.2) is 0 Å². The van der Waals surface area contributed by atoms with Crippen molar-refractivity contribution in [2.45, 2.75) is 32.8 Å². The highest BCUT2D eigenvalue weighted by Gasteiger charge is 2.19. The molecule has 0 aliphatic carbocycles. The van der Waals surface area contributed by atoms with Crippen molar-refractivity contribution in [1.82, 2.24) is 10.9 Å². The second-order valence-corrected chi connectivity index (χ2v) is 5.89. The Morgan fingerprint density at radius 3 is 2.22 bits per heavy atom. The molecule has 6 nitrogen and oxygen atoms in total. The van der Waals surface area contributed by atoms with Crippen LogP contribution in [0.2, 0.25) is 0 Å². The molecule has 2 rings (SSSR count). The molecular weight excluding hydrogens is 344 g/mol. The lowest BCUT2D eigenvalue weighted by Crippen LogP contribution is -2.48. The number of benzene rings is 2. The Hall–Kier alpha value is -2.86. The van der Waals surface area contributed by atoms with Gasteiger partial charge in [-0.3, -0.25) is 20.4 Å². The number of hydrogen-bond donors (Lipinski definition) is 2. The van der Waals surface area contributed by atoms with Crippen molar-refractivity contribution in [2.24, 2.45) is 0 Å². The van der Waals surface area contributed by atoms with Crippen LogP contribution < -0.4 is 15.6 Å². The van der Waals surface area contributed by atoms with Gasteiger partial charge in [-0.15, -0.1) is 0 Å². The quantitative estimate of drug-likeness (QED) is 0.525. The highest BCUT2D eigenvalue weighted by Crippen LogP contribution is 2.22. The molecule has 0 radical (unpaired) electrons. The molecule has 0 aliphatic rings. The summed E-state index contributed by atoms with van der Waals surface area (Å²) < 4.78 is 10.9. The van der Waals surface area contributed by atoms with Crippen molar-refractivity contribution in [3.63, 3.8) is 0 Å². The Kier molecular flexibility index (Phi) is 8.32. The first-order valence-corrected chi connectivity index (χ1v) is 9.12. The van der Waals surface area contributed by atoms with Crippen LogP contribution in [0, 0.1) is 0 Å². The number of hydrazine groups is 1. The Morgan fingerprint density at radius 1 is 0.926 bits per heavy atom. The molecule has 0 heterocycles. The highest BCUT2D eigenvalue weighted by atomic mass is 16.5. The lowest BCUT2D eigenvalue weighted by atomic mass is 10.1. The number of rotatable bonds is 9. The lowest BCUT2D eigenvalue weighted by Gasteiger charge is -2.18. The normalized spacial score (nSPS) is 11.5. The average Bonchev–Trinajstić information content (AvgIpc) is 2.71. The van der Waals surface area contributed by atoms with Gasteiger partial charge in [0.1, 0.15) is 5.75 Å². The fourth-order valence-electron chi connectivity index (χ4n) is 2.43. The smallest absolute Gasteiger partial charge is 0.279 e. The third kappa shape index (κ3) is 6.75. The molecule has 1 atom stereocenters. The van der Waals surface area contributed by atoms with Crippen molar-refractivity contribution in [3.8, 4) is 16.9 Å². The minimum Gasteiger partial charge on any atom is -0.481 e. The van der Waals surface area contributed by atoms with E-state index in [1.54, 1.807) is 0 Å². The molecule has 1 unspecified atom stereocenters. The summed E-state index contributed by atoms with van der Waals surface area (Å²) in [5, 5.41) is 0. The zero-order valence-electron chi connectivity index (χ0n) is 15.7. The molecule has 2 N–H and O–H groups in total. The maximum atomic E-state index is 12.2. The topological polar surface area (TPSA) is 76.7 Å². The van der Waals surface area contributed by atoms with Gasteiger partial charge in [-0.2, -0.15) is 0 Å². The molecule has 27 heavy (non-hydrogen) atoms. The SMILES string of the molecule is CCOCCC(=O)NNC(=O)C(CC)Oc1ccc(-c2ccccc2)cc1. The van der Waals surface area contributed by atoms with E-state index in [1.807, 2.05) is 68.4 Å². The summed E-state index contributed by atoms with van der Waals surface area (Å²) in [5.41, 5.74) is 6.96. The molecule has 144 valence electrons. The molecule has 0 bridgehead atoms. The Balaban J connectivity index is 1.86. The highest BCUT2D eigenvalue weighted by molar-refractivity contribution is 5.84. The minimum absolute atomic E-state index is 0.187. The molecule has 0 aliphatic heterocycles. The Morgan fingerprint density at radius 2 is 1.59 bits per heavy atom. The molecule has 0 saturated heterocycles. The fourth-order valence-corrected chi connectivity index (χ4v) is 2.43. The Bertz CT molecular complexity index is 717. The first kappa shape index (κ1) is 20.5. The third-order valence-corrected chi connectivity index (χ3v) is 3.91. The molecule has 0 saturated carbocycles. The van der Waals surface area contributed by atoms with Gasteiger partial charge in [0.15, 0.2) is 6.10 Å². The monoisotopic (exact) mass is 370 g/mol. The molecule has 2 aromatic carbocycles.